The molecule has 0 radical (unpaired) electrons. The molecule has 0 aromatic carbocycles. The van der Waals surface area contributed by atoms with E-state index in [1.807, 2.05) is 29.0 Å². The summed E-state index contributed by atoms with van der Waals surface area (Å²) in [4.78, 5) is 33.8. The van der Waals surface area contributed by atoms with Crippen molar-refractivity contribution in [2.45, 2.75) is 69.2 Å². The Hall–Kier alpha value is -1.95. The lowest BCUT2D eigenvalue weighted by Gasteiger charge is -2.43. The lowest BCUT2D eigenvalue weighted by atomic mass is 9.92. The second kappa shape index (κ2) is 7.35. The molecule has 6 heteroatoms. The van der Waals surface area contributed by atoms with Gasteiger partial charge in [0.25, 0.3) is 5.91 Å². The first kappa shape index (κ1) is 17.5. The minimum atomic E-state index is -0.649. The Morgan fingerprint density at radius 1 is 1.23 bits per heavy atom. The standard InChI is InChI=1S/C20H27N3O3/c1-22(15-7-3-2-4-8-15)20(25)19-18(14-6-5-11-21-12-14)23(16-9-10-16)17(24)13-26-19/h5-6,11-12,15-16,18-19H,2-4,7-10,13H2,1H3/t18-,19+/m1/s1. The van der Waals surface area contributed by atoms with Crippen LogP contribution in [0.4, 0.5) is 0 Å². The maximum atomic E-state index is 13.3. The molecule has 1 aromatic heterocycles. The number of pyridine rings is 1. The molecule has 2 saturated carbocycles. The third-order valence-electron chi connectivity index (χ3n) is 5.94. The molecule has 4 rings (SSSR count). The molecule has 2 amide bonds. The molecule has 3 aliphatic rings. The highest BCUT2D eigenvalue weighted by molar-refractivity contribution is 5.86. The van der Waals surface area contributed by atoms with Gasteiger partial charge in [0.05, 0.1) is 6.04 Å². The van der Waals surface area contributed by atoms with E-state index >= 15 is 0 Å². The van der Waals surface area contributed by atoms with Crippen molar-refractivity contribution < 1.29 is 14.3 Å². The van der Waals surface area contributed by atoms with Crippen molar-refractivity contribution in [3.8, 4) is 0 Å². The summed E-state index contributed by atoms with van der Waals surface area (Å²) in [5.41, 5.74) is 0.878. The van der Waals surface area contributed by atoms with Gasteiger partial charge in [-0.05, 0) is 37.3 Å². The Labute approximate surface area is 154 Å². The van der Waals surface area contributed by atoms with Crippen molar-refractivity contribution in [3.05, 3.63) is 30.1 Å². The van der Waals surface area contributed by atoms with Crippen LogP contribution in [-0.4, -0.2) is 58.4 Å². The topological polar surface area (TPSA) is 62.7 Å². The van der Waals surface area contributed by atoms with Crippen LogP contribution in [0.25, 0.3) is 0 Å². The number of hydrogen-bond acceptors (Lipinski definition) is 4. The number of rotatable bonds is 4. The molecule has 0 unspecified atom stereocenters. The predicted octanol–water partition coefficient (Wildman–Crippen LogP) is 2.30. The molecule has 0 bridgehead atoms. The minimum absolute atomic E-state index is 0.0103. The summed E-state index contributed by atoms with van der Waals surface area (Å²) in [6.07, 6.45) is 10.5. The highest BCUT2D eigenvalue weighted by Gasteiger charge is 2.48. The van der Waals surface area contributed by atoms with Gasteiger partial charge >= 0.3 is 0 Å². The van der Waals surface area contributed by atoms with Crippen LogP contribution >= 0.6 is 0 Å². The number of carbonyl (C=O) groups excluding carboxylic acids is 2. The van der Waals surface area contributed by atoms with E-state index in [0.717, 1.165) is 31.2 Å². The average Bonchev–Trinajstić information content (AvgIpc) is 3.53. The van der Waals surface area contributed by atoms with Crippen molar-refractivity contribution >= 4 is 11.8 Å². The Bertz CT molecular complexity index is 656. The molecular formula is C20H27N3O3. The number of hydrogen-bond donors (Lipinski definition) is 0. The van der Waals surface area contributed by atoms with Gasteiger partial charge in [-0.25, -0.2) is 0 Å². The summed E-state index contributed by atoms with van der Waals surface area (Å²) in [5.74, 6) is -0.0328. The maximum absolute atomic E-state index is 13.3. The lowest BCUT2D eigenvalue weighted by molar-refractivity contribution is -0.171. The Morgan fingerprint density at radius 2 is 2.00 bits per heavy atom. The summed E-state index contributed by atoms with van der Waals surface area (Å²) in [6, 6.07) is 3.92. The molecule has 1 aliphatic heterocycles. The van der Waals surface area contributed by atoms with Gasteiger partial charge in [0.15, 0.2) is 6.10 Å². The van der Waals surface area contributed by atoms with E-state index in [1.54, 1.807) is 12.4 Å². The van der Waals surface area contributed by atoms with Crippen LogP contribution in [0, 0.1) is 0 Å². The first-order valence-electron chi connectivity index (χ1n) is 9.76. The molecule has 0 N–H and O–H groups in total. The van der Waals surface area contributed by atoms with E-state index < -0.39 is 6.10 Å². The molecule has 3 fully saturated rings. The third-order valence-corrected chi connectivity index (χ3v) is 5.94. The van der Waals surface area contributed by atoms with Crippen molar-refractivity contribution in [3.63, 3.8) is 0 Å². The summed E-state index contributed by atoms with van der Waals surface area (Å²) in [5, 5.41) is 0. The van der Waals surface area contributed by atoms with Crippen LogP contribution in [0.2, 0.25) is 0 Å². The van der Waals surface area contributed by atoms with Crippen LogP contribution in [0.3, 0.4) is 0 Å². The zero-order valence-electron chi connectivity index (χ0n) is 15.3. The lowest BCUT2D eigenvalue weighted by Crippen LogP contribution is -2.56. The van der Waals surface area contributed by atoms with Crippen LogP contribution in [0.5, 0.6) is 0 Å². The number of aromatic nitrogens is 1. The van der Waals surface area contributed by atoms with Gasteiger partial charge in [-0.1, -0.05) is 25.3 Å². The SMILES string of the molecule is CN(C(=O)[C@H]1OCC(=O)N(C2CC2)[C@@H]1c1cccnc1)C1CCCCC1. The van der Waals surface area contributed by atoms with Gasteiger partial charge in [-0.15, -0.1) is 0 Å². The molecule has 26 heavy (non-hydrogen) atoms. The minimum Gasteiger partial charge on any atom is -0.356 e. The van der Waals surface area contributed by atoms with Gasteiger partial charge < -0.3 is 14.5 Å². The number of morpholine rings is 1. The van der Waals surface area contributed by atoms with Gasteiger partial charge in [0, 0.05) is 31.5 Å². The van der Waals surface area contributed by atoms with E-state index in [0.29, 0.717) is 0 Å². The quantitative estimate of drug-likeness (QED) is 0.829. The van der Waals surface area contributed by atoms with E-state index in [4.69, 9.17) is 4.74 Å². The van der Waals surface area contributed by atoms with Crippen LogP contribution in [0.1, 0.15) is 56.6 Å². The molecule has 2 atom stereocenters. The van der Waals surface area contributed by atoms with Crippen molar-refractivity contribution in [1.82, 2.24) is 14.8 Å². The molecule has 2 aliphatic carbocycles. The zero-order valence-corrected chi connectivity index (χ0v) is 15.3. The Kier molecular flexibility index (Phi) is 4.94. The van der Waals surface area contributed by atoms with Crippen molar-refractivity contribution in [2.75, 3.05) is 13.7 Å². The van der Waals surface area contributed by atoms with Crippen molar-refractivity contribution in [2.24, 2.45) is 0 Å². The first-order valence-corrected chi connectivity index (χ1v) is 9.76. The fourth-order valence-corrected chi connectivity index (χ4v) is 4.35. The van der Waals surface area contributed by atoms with E-state index in [-0.39, 0.29) is 36.5 Å². The maximum Gasteiger partial charge on any atom is 0.254 e. The highest BCUT2D eigenvalue weighted by Crippen LogP contribution is 2.40. The second-order valence-electron chi connectivity index (χ2n) is 7.74. The second-order valence-corrected chi connectivity index (χ2v) is 7.74. The smallest absolute Gasteiger partial charge is 0.254 e. The molecule has 6 nitrogen and oxygen atoms in total. The Balaban J connectivity index is 1.61. The largest absolute Gasteiger partial charge is 0.356 e. The fourth-order valence-electron chi connectivity index (χ4n) is 4.35. The molecule has 140 valence electrons. The summed E-state index contributed by atoms with van der Waals surface area (Å²) in [6.45, 7) is -0.0117. The summed E-state index contributed by atoms with van der Waals surface area (Å²) < 4.78 is 5.83. The van der Waals surface area contributed by atoms with E-state index in [2.05, 4.69) is 4.98 Å². The van der Waals surface area contributed by atoms with E-state index in [9.17, 15) is 9.59 Å². The van der Waals surface area contributed by atoms with Gasteiger partial charge in [0.1, 0.15) is 6.61 Å². The van der Waals surface area contributed by atoms with Gasteiger partial charge in [-0.2, -0.15) is 0 Å². The van der Waals surface area contributed by atoms with Crippen LogP contribution < -0.4 is 0 Å². The number of likely N-dealkylation sites (N-methyl/N-ethyl adjacent to an activating group) is 1. The Morgan fingerprint density at radius 3 is 2.65 bits per heavy atom. The fraction of sp³-hybridized carbons (Fsp3) is 0.650. The molecule has 0 spiro atoms. The molecule has 2 heterocycles. The zero-order chi connectivity index (χ0) is 18.1. The summed E-state index contributed by atoms with van der Waals surface area (Å²) >= 11 is 0. The number of carbonyl (C=O) groups is 2. The van der Waals surface area contributed by atoms with Crippen LogP contribution in [-0.2, 0) is 14.3 Å². The summed E-state index contributed by atoms with van der Waals surface area (Å²) in [7, 11) is 1.89. The van der Waals surface area contributed by atoms with Crippen LogP contribution in [0.15, 0.2) is 24.5 Å². The highest BCUT2D eigenvalue weighted by atomic mass is 16.5. The number of amides is 2. The normalized spacial score (nSPS) is 27.4. The number of nitrogens with zero attached hydrogens (tertiary/aromatic N) is 3. The average molecular weight is 357 g/mol. The third kappa shape index (κ3) is 3.34. The van der Waals surface area contributed by atoms with Crippen molar-refractivity contribution in [1.29, 1.82) is 0 Å². The number of ether oxygens (including phenoxy) is 1. The predicted molar refractivity (Wildman–Crippen MR) is 96.2 cm³/mol. The van der Waals surface area contributed by atoms with Gasteiger partial charge in [-0.3, -0.25) is 14.6 Å². The van der Waals surface area contributed by atoms with E-state index in [1.165, 1.54) is 19.3 Å². The molecule has 1 aromatic rings. The van der Waals surface area contributed by atoms with Gasteiger partial charge in [0.2, 0.25) is 5.91 Å². The monoisotopic (exact) mass is 357 g/mol. The first-order chi connectivity index (χ1) is 12.7. The molecular weight excluding hydrogens is 330 g/mol. The molecule has 1 saturated heterocycles.